The Morgan fingerprint density at radius 1 is 0.400 bits per heavy atom. The van der Waals surface area contributed by atoms with Crippen molar-refractivity contribution < 1.29 is 64.6 Å². The van der Waals surface area contributed by atoms with E-state index >= 15 is 0 Å². The molecule has 2 fully saturated rings. The molecule has 0 spiro atoms. The van der Waals surface area contributed by atoms with Crippen molar-refractivity contribution >= 4 is 5.91 Å². The zero-order valence-corrected chi connectivity index (χ0v) is 57.6. The van der Waals surface area contributed by atoms with Crippen LogP contribution < -0.4 is 5.32 Å². The topological polar surface area (TPSA) is 228 Å². The lowest BCUT2D eigenvalue weighted by molar-refractivity contribution is -0.359. The van der Waals surface area contributed by atoms with Gasteiger partial charge in [-0.2, -0.15) is 0 Å². The first-order valence-corrected chi connectivity index (χ1v) is 37.9. The molecule has 0 saturated carbocycles. The highest BCUT2D eigenvalue weighted by atomic mass is 16.7. The minimum absolute atomic E-state index is 0.237. The predicted octanol–water partition coefficient (Wildman–Crippen LogP) is 16.2. The van der Waals surface area contributed by atoms with E-state index in [4.69, 9.17) is 18.9 Å². The average Bonchev–Trinajstić information content (AvgIpc) is 1.41. The Morgan fingerprint density at radius 2 is 0.733 bits per heavy atom. The van der Waals surface area contributed by atoms with E-state index in [0.29, 0.717) is 6.42 Å². The van der Waals surface area contributed by atoms with Crippen molar-refractivity contribution in [2.45, 2.75) is 408 Å². The molecular weight excluding hydrogens is 1130 g/mol. The van der Waals surface area contributed by atoms with Gasteiger partial charge in [-0.15, -0.1) is 0 Å². The van der Waals surface area contributed by atoms with Crippen LogP contribution in [0, 0.1) is 0 Å². The molecule has 1 amide bonds. The Hall–Kier alpha value is -2.05. The smallest absolute Gasteiger partial charge is 0.220 e. The Bertz CT molecular complexity index is 1690. The van der Waals surface area contributed by atoms with Crippen LogP contribution in [-0.2, 0) is 23.7 Å². The first kappa shape index (κ1) is 84.0. The number of aliphatic hydroxyl groups excluding tert-OH is 8. The van der Waals surface area contributed by atoms with E-state index in [-0.39, 0.29) is 18.9 Å². The second kappa shape index (κ2) is 60.6. The molecule has 528 valence electrons. The van der Waals surface area contributed by atoms with Gasteiger partial charge in [0.05, 0.1) is 32.0 Å². The summed E-state index contributed by atoms with van der Waals surface area (Å²) >= 11 is 0. The van der Waals surface area contributed by atoms with E-state index in [1.165, 1.54) is 257 Å². The maximum Gasteiger partial charge on any atom is 0.220 e. The molecule has 0 aromatic carbocycles. The normalized spacial score (nSPS) is 23.1. The lowest BCUT2D eigenvalue weighted by Gasteiger charge is -2.46. The molecule has 2 heterocycles. The van der Waals surface area contributed by atoms with Crippen LogP contribution in [0.1, 0.15) is 335 Å². The van der Waals surface area contributed by atoms with Gasteiger partial charge in [0, 0.05) is 6.42 Å². The standard InChI is InChI=1S/C76H141NO13/c1-3-5-7-9-11-13-15-17-19-21-23-25-27-29-31-32-34-35-37-39-41-43-45-47-49-51-53-55-57-59-65(80)64(63-87-75-73(86)71(84)74(67(62-79)89-75)90-76-72(85)70(83)69(82)66(61-78)88-76)77-68(81)60-58-56-54-52-50-48-46-44-42-40-38-36-33-30-28-26-24-22-20-18-16-14-12-10-8-6-4-2/h16,18,22,24,28,30,57,59,64-67,69-76,78-80,82-86H,3-15,17,19-21,23,25-27,29,31-56,58,60-63H2,1-2H3,(H,77,81)/b18-16-,24-22-,30-28-,59-57+. The number of amides is 1. The summed E-state index contributed by atoms with van der Waals surface area (Å²) < 4.78 is 22.9. The number of allylic oxidation sites excluding steroid dienone is 7. The molecular formula is C76H141NO13. The fourth-order valence-electron chi connectivity index (χ4n) is 12.5. The van der Waals surface area contributed by atoms with E-state index in [1.807, 2.05) is 6.08 Å². The molecule has 2 rings (SSSR count). The van der Waals surface area contributed by atoms with Gasteiger partial charge in [-0.3, -0.25) is 4.79 Å². The number of rotatable bonds is 63. The van der Waals surface area contributed by atoms with Gasteiger partial charge in [0.25, 0.3) is 0 Å². The third-order valence-electron chi connectivity index (χ3n) is 18.5. The van der Waals surface area contributed by atoms with Crippen molar-refractivity contribution in [2.24, 2.45) is 0 Å². The van der Waals surface area contributed by atoms with E-state index < -0.39 is 86.8 Å². The number of unbranched alkanes of at least 4 members (excludes halogenated alkanes) is 44. The van der Waals surface area contributed by atoms with Gasteiger partial charge >= 0.3 is 0 Å². The number of carbonyl (C=O) groups is 1. The maximum absolute atomic E-state index is 13.4. The molecule has 2 aliphatic rings. The van der Waals surface area contributed by atoms with Gasteiger partial charge in [0.1, 0.15) is 48.8 Å². The highest BCUT2D eigenvalue weighted by Gasteiger charge is 2.51. The number of hydrogen-bond donors (Lipinski definition) is 9. The van der Waals surface area contributed by atoms with Crippen LogP contribution in [0.15, 0.2) is 48.6 Å². The first-order chi connectivity index (χ1) is 44.1. The Labute approximate surface area is 550 Å². The molecule has 0 bridgehead atoms. The van der Waals surface area contributed by atoms with Crippen molar-refractivity contribution in [3.63, 3.8) is 0 Å². The molecule has 2 aliphatic heterocycles. The third-order valence-corrected chi connectivity index (χ3v) is 18.5. The monoisotopic (exact) mass is 1280 g/mol. The van der Waals surface area contributed by atoms with Gasteiger partial charge < -0.3 is 65.1 Å². The van der Waals surface area contributed by atoms with Crippen LogP contribution in [0.3, 0.4) is 0 Å². The highest BCUT2D eigenvalue weighted by molar-refractivity contribution is 5.76. The Kier molecular flexibility index (Phi) is 56.6. The highest BCUT2D eigenvalue weighted by Crippen LogP contribution is 2.30. The number of carbonyl (C=O) groups excluding carboxylic acids is 1. The van der Waals surface area contributed by atoms with Gasteiger partial charge in [-0.1, -0.05) is 319 Å². The predicted molar refractivity (Wildman–Crippen MR) is 369 cm³/mol. The van der Waals surface area contributed by atoms with Crippen molar-refractivity contribution in [3.05, 3.63) is 48.6 Å². The van der Waals surface area contributed by atoms with Gasteiger partial charge in [0.2, 0.25) is 5.91 Å². The van der Waals surface area contributed by atoms with Crippen molar-refractivity contribution in [3.8, 4) is 0 Å². The van der Waals surface area contributed by atoms with Crippen molar-refractivity contribution in [1.29, 1.82) is 0 Å². The zero-order valence-electron chi connectivity index (χ0n) is 57.6. The summed E-state index contributed by atoms with van der Waals surface area (Å²) in [6.07, 6.45) is 63.1. The fourth-order valence-corrected chi connectivity index (χ4v) is 12.5. The molecule has 0 aliphatic carbocycles. The molecule has 12 unspecified atom stereocenters. The van der Waals surface area contributed by atoms with Gasteiger partial charge in [-0.25, -0.2) is 0 Å². The zero-order chi connectivity index (χ0) is 65.2. The minimum Gasteiger partial charge on any atom is -0.394 e. The Balaban J connectivity index is 1.66. The number of nitrogens with one attached hydrogen (secondary N) is 1. The second-order valence-electron chi connectivity index (χ2n) is 26.8. The van der Waals surface area contributed by atoms with Crippen molar-refractivity contribution in [1.82, 2.24) is 5.32 Å². The van der Waals surface area contributed by atoms with Crippen molar-refractivity contribution in [2.75, 3.05) is 19.8 Å². The summed E-state index contributed by atoms with van der Waals surface area (Å²) in [7, 11) is 0. The van der Waals surface area contributed by atoms with E-state index in [0.717, 1.165) is 51.4 Å². The molecule has 9 N–H and O–H groups in total. The minimum atomic E-state index is -1.79. The fraction of sp³-hybridized carbons (Fsp3) is 0.882. The SMILES string of the molecule is CCCCCCC/C=C\C/C=C\C/C=C\CCCCCCCCCCCCCCC(=O)NC(COC1OC(CO)C(OC2OC(CO)C(O)C(O)C2O)C(O)C1O)C(O)/C=C/CCCCCCCCCCCCCCCCCCCCCCCCCCCCC. The molecule has 0 aromatic heterocycles. The largest absolute Gasteiger partial charge is 0.394 e. The van der Waals surface area contributed by atoms with E-state index in [2.05, 4.69) is 55.6 Å². The van der Waals surface area contributed by atoms with Crippen LogP contribution in [0.5, 0.6) is 0 Å². The maximum atomic E-state index is 13.4. The summed E-state index contributed by atoms with van der Waals surface area (Å²) in [4.78, 5) is 13.4. The number of ether oxygens (including phenoxy) is 4. The summed E-state index contributed by atoms with van der Waals surface area (Å²) in [6.45, 7) is 2.84. The summed E-state index contributed by atoms with van der Waals surface area (Å²) in [5.41, 5.74) is 0. The van der Waals surface area contributed by atoms with Gasteiger partial charge in [-0.05, 0) is 57.8 Å². The molecule has 0 radical (unpaired) electrons. The molecule has 12 atom stereocenters. The number of hydrogen-bond acceptors (Lipinski definition) is 13. The molecule has 2 saturated heterocycles. The van der Waals surface area contributed by atoms with Crippen LogP contribution in [0.25, 0.3) is 0 Å². The third kappa shape index (κ3) is 43.8. The number of aliphatic hydroxyl groups is 8. The second-order valence-corrected chi connectivity index (χ2v) is 26.8. The summed E-state index contributed by atoms with van der Waals surface area (Å²) in [6, 6.07) is -0.919. The average molecular weight is 1280 g/mol. The molecule has 0 aromatic rings. The van der Waals surface area contributed by atoms with Crippen LogP contribution >= 0.6 is 0 Å². The molecule has 14 heteroatoms. The molecule has 90 heavy (non-hydrogen) atoms. The summed E-state index contributed by atoms with van der Waals surface area (Å²) in [5, 5.41) is 87.6. The molecule has 14 nitrogen and oxygen atoms in total. The summed E-state index contributed by atoms with van der Waals surface area (Å²) in [5.74, 6) is -0.237. The van der Waals surface area contributed by atoms with Crippen LogP contribution in [0.4, 0.5) is 0 Å². The van der Waals surface area contributed by atoms with E-state index in [9.17, 15) is 45.6 Å². The van der Waals surface area contributed by atoms with Gasteiger partial charge in [0.15, 0.2) is 12.6 Å². The quantitative estimate of drug-likeness (QED) is 0.0204. The van der Waals surface area contributed by atoms with Crippen LogP contribution in [-0.4, -0.2) is 140 Å². The lowest BCUT2D eigenvalue weighted by atomic mass is 9.97. The van der Waals surface area contributed by atoms with Crippen LogP contribution in [0.2, 0.25) is 0 Å². The lowest BCUT2D eigenvalue weighted by Crippen LogP contribution is -2.65. The van der Waals surface area contributed by atoms with E-state index in [1.54, 1.807) is 6.08 Å². The Morgan fingerprint density at radius 3 is 1.12 bits per heavy atom. The first-order valence-electron chi connectivity index (χ1n) is 37.9.